The standard InChI is InChI=1S/C24H16O/c1-3-9-17(10-4-1)23-21-15-19-13-7-8-14-20(19)16-22(21)24(25-23)18-11-5-2-6-12-18/h1-16H. The van der Waals surface area contributed by atoms with Crippen molar-refractivity contribution < 1.29 is 4.42 Å². The maximum Gasteiger partial charge on any atom is 0.142 e. The summed E-state index contributed by atoms with van der Waals surface area (Å²) in [6.45, 7) is 0. The molecule has 0 radical (unpaired) electrons. The Balaban J connectivity index is 1.89. The molecule has 0 atom stereocenters. The Labute approximate surface area is 146 Å². The second-order valence-electron chi connectivity index (χ2n) is 6.24. The first-order valence-corrected chi connectivity index (χ1v) is 8.46. The topological polar surface area (TPSA) is 13.1 Å². The van der Waals surface area contributed by atoms with Gasteiger partial charge >= 0.3 is 0 Å². The van der Waals surface area contributed by atoms with Crippen molar-refractivity contribution in [3.63, 3.8) is 0 Å². The van der Waals surface area contributed by atoms with Crippen LogP contribution in [0.3, 0.4) is 0 Å². The molecule has 0 aliphatic rings. The smallest absolute Gasteiger partial charge is 0.142 e. The van der Waals surface area contributed by atoms with E-state index in [0.717, 1.165) is 33.4 Å². The quantitative estimate of drug-likeness (QED) is 0.344. The van der Waals surface area contributed by atoms with Crippen molar-refractivity contribution in [2.45, 2.75) is 0 Å². The second kappa shape index (κ2) is 5.64. The summed E-state index contributed by atoms with van der Waals surface area (Å²) in [7, 11) is 0. The van der Waals surface area contributed by atoms with Crippen LogP contribution in [0.1, 0.15) is 0 Å². The highest BCUT2D eigenvalue weighted by Crippen LogP contribution is 2.40. The Bertz CT molecular complexity index is 1080. The van der Waals surface area contributed by atoms with Gasteiger partial charge in [0.15, 0.2) is 0 Å². The molecule has 0 saturated carbocycles. The van der Waals surface area contributed by atoms with Crippen molar-refractivity contribution in [3.8, 4) is 22.6 Å². The number of hydrogen-bond acceptors (Lipinski definition) is 1. The van der Waals surface area contributed by atoms with Crippen LogP contribution >= 0.6 is 0 Å². The lowest BCUT2D eigenvalue weighted by Gasteiger charge is -2.00. The van der Waals surface area contributed by atoms with Gasteiger partial charge in [0.2, 0.25) is 0 Å². The molecule has 0 fully saturated rings. The lowest BCUT2D eigenvalue weighted by molar-refractivity contribution is 0.602. The Morgan fingerprint density at radius 2 is 0.840 bits per heavy atom. The molecule has 0 unspecified atom stereocenters. The van der Waals surface area contributed by atoms with E-state index in [9.17, 15) is 0 Å². The third kappa shape index (κ3) is 2.33. The second-order valence-corrected chi connectivity index (χ2v) is 6.24. The molecule has 4 aromatic carbocycles. The molecule has 0 saturated heterocycles. The van der Waals surface area contributed by atoms with E-state index in [4.69, 9.17) is 4.42 Å². The molecule has 0 amide bonds. The first kappa shape index (κ1) is 14.1. The zero-order chi connectivity index (χ0) is 16.6. The van der Waals surface area contributed by atoms with Gasteiger partial charge in [-0.3, -0.25) is 0 Å². The van der Waals surface area contributed by atoms with Crippen molar-refractivity contribution in [2.24, 2.45) is 0 Å². The minimum atomic E-state index is 0.931. The van der Waals surface area contributed by atoms with Gasteiger partial charge in [0.25, 0.3) is 0 Å². The number of rotatable bonds is 2. The maximum atomic E-state index is 6.41. The zero-order valence-electron chi connectivity index (χ0n) is 13.6. The Morgan fingerprint density at radius 1 is 0.440 bits per heavy atom. The van der Waals surface area contributed by atoms with Crippen LogP contribution in [0.2, 0.25) is 0 Å². The summed E-state index contributed by atoms with van der Waals surface area (Å²) in [5.41, 5.74) is 2.20. The van der Waals surface area contributed by atoms with Gasteiger partial charge in [0, 0.05) is 21.9 Å². The summed E-state index contributed by atoms with van der Waals surface area (Å²) in [6.07, 6.45) is 0. The SMILES string of the molecule is c1ccc(-c2oc(-c3ccccc3)c3cc4ccccc4cc23)cc1. The molecule has 5 rings (SSSR count). The van der Waals surface area contributed by atoms with Crippen molar-refractivity contribution in [1.82, 2.24) is 0 Å². The van der Waals surface area contributed by atoms with Crippen LogP contribution in [0.4, 0.5) is 0 Å². The summed E-state index contributed by atoms with van der Waals surface area (Å²) in [5, 5.41) is 4.77. The van der Waals surface area contributed by atoms with Crippen LogP contribution in [-0.4, -0.2) is 0 Å². The van der Waals surface area contributed by atoms with Gasteiger partial charge in [0.05, 0.1) is 0 Å². The van der Waals surface area contributed by atoms with Gasteiger partial charge in [-0.2, -0.15) is 0 Å². The number of furan rings is 1. The first-order chi connectivity index (χ1) is 12.4. The van der Waals surface area contributed by atoms with Crippen molar-refractivity contribution in [3.05, 3.63) is 97.1 Å². The average Bonchev–Trinajstić information content (AvgIpc) is 3.06. The molecule has 118 valence electrons. The molecule has 0 N–H and O–H groups in total. The van der Waals surface area contributed by atoms with Crippen LogP contribution in [-0.2, 0) is 0 Å². The molecule has 0 spiro atoms. The van der Waals surface area contributed by atoms with Crippen LogP contribution in [0.25, 0.3) is 44.2 Å². The zero-order valence-corrected chi connectivity index (χ0v) is 13.6. The van der Waals surface area contributed by atoms with E-state index in [1.165, 1.54) is 10.8 Å². The number of benzene rings is 4. The fourth-order valence-corrected chi connectivity index (χ4v) is 3.44. The largest absolute Gasteiger partial charge is 0.455 e. The van der Waals surface area contributed by atoms with E-state index < -0.39 is 0 Å². The molecule has 1 aromatic heterocycles. The summed E-state index contributed by atoms with van der Waals surface area (Å²) >= 11 is 0. The fourth-order valence-electron chi connectivity index (χ4n) is 3.44. The van der Waals surface area contributed by atoms with Crippen molar-refractivity contribution in [1.29, 1.82) is 0 Å². The minimum absolute atomic E-state index is 0.931. The van der Waals surface area contributed by atoms with Gasteiger partial charge in [-0.05, 0) is 22.9 Å². The molecule has 1 nitrogen and oxygen atoms in total. The van der Waals surface area contributed by atoms with Crippen LogP contribution in [0, 0.1) is 0 Å². The molecule has 0 aliphatic heterocycles. The third-order valence-electron chi connectivity index (χ3n) is 4.65. The van der Waals surface area contributed by atoms with Crippen molar-refractivity contribution in [2.75, 3.05) is 0 Å². The molecule has 1 heterocycles. The predicted octanol–water partition coefficient (Wildman–Crippen LogP) is 6.92. The van der Waals surface area contributed by atoms with E-state index in [1.54, 1.807) is 0 Å². The molecule has 0 bridgehead atoms. The molecule has 1 heteroatoms. The van der Waals surface area contributed by atoms with Gasteiger partial charge < -0.3 is 4.42 Å². The van der Waals surface area contributed by atoms with E-state index in [-0.39, 0.29) is 0 Å². The lowest BCUT2D eigenvalue weighted by Crippen LogP contribution is -1.77. The highest BCUT2D eigenvalue weighted by Gasteiger charge is 2.16. The van der Waals surface area contributed by atoms with Gasteiger partial charge in [-0.25, -0.2) is 0 Å². The molecule has 0 aliphatic carbocycles. The maximum absolute atomic E-state index is 6.41. The van der Waals surface area contributed by atoms with E-state index in [0.29, 0.717) is 0 Å². The number of fused-ring (bicyclic) bond motifs is 2. The molecular formula is C24H16O. The highest BCUT2D eigenvalue weighted by atomic mass is 16.3. The van der Waals surface area contributed by atoms with Crippen molar-refractivity contribution >= 4 is 21.5 Å². The summed E-state index contributed by atoms with van der Waals surface area (Å²) in [4.78, 5) is 0. The summed E-state index contributed by atoms with van der Waals surface area (Å²) in [6, 6.07) is 33.6. The van der Waals surface area contributed by atoms with Gasteiger partial charge in [0.1, 0.15) is 11.5 Å². The fraction of sp³-hybridized carbons (Fsp3) is 0. The monoisotopic (exact) mass is 320 g/mol. The van der Waals surface area contributed by atoms with Crippen LogP contribution in [0.5, 0.6) is 0 Å². The molecular weight excluding hydrogens is 304 g/mol. The Kier molecular flexibility index (Phi) is 3.17. The normalized spacial score (nSPS) is 11.2. The van der Waals surface area contributed by atoms with Crippen LogP contribution < -0.4 is 0 Å². The van der Waals surface area contributed by atoms with E-state index in [2.05, 4.69) is 60.7 Å². The predicted molar refractivity (Wildman–Crippen MR) is 105 cm³/mol. The summed E-state index contributed by atoms with van der Waals surface area (Å²) < 4.78 is 6.41. The summed E-state index contributed by atoms with van der Waals surface area (Å²) in [5.74, 6) is 1.86. The third-order valence-corrected chi connectivity index (χ3v) is 4.65. The van der Waals surface area contributed by atoms with Crippen LogP contribution in [0.15, 0.2) is 101 Å². The molecule has 25 heavy (non-hydrogen) atoms. The van der Waals surface area contributed by atoms with E-state index >= 15 is 0 Å². The Hall–Kier alpha value is -3.32. The lowest BCUT2D eigenvalue weighted by atomic mass is 10.0. The van der Waals surface area contributed by atoms with E-state index in [1.807, 2.05) is 36.4 Å². The Morgan fingerprint density at radius 3 is 1.28 bits per heavy atom. The molecule has 5 aromatic rings. The van der Waals surface area contributed by atoms with Gasteiger partial charge in [-0.15, -0.1) is 0 Å². The minimum Gasteiger partial charge on any atom is -0.455 e. The van der Waals surface area contributed by atoms with Gasteiger partial charge in [-0.1, -0.05) is 84.9 Å². The first-order valence-electron chi connectivity index (χ1n) is 8.46. The number of hydrogen-bond donors (Lipinski definition) is 0. The average molecular weight is 320 g/mol. The highest BCUT2D eigenvalue weighted by molar-refractivity contribution is 6.09.